The van der Waals surface area contributed by atoms with Gasteiger partial charge in [0, 0.05) is 29.5 Å². The SMILES string of the molecule is CCN(C(=O)c1cc2ccccc2[nH]1)[C@H]1CCCC(NCCC2CC2)C1. The quantitative estimate of drug-likeness (QED) is 0.778. The summed E-state index contributed by atoms with van der Waals surface area (Å²) >= 11 is 0. The molecule has 0 bridgehead atoms. The van der Waals surface area contributed by atoms with E-state index < -0.39 is 0 Å². The molecule has 1 amide bonds. The predicted octanol–water partition coefficient (Wildman–Crippen LogP) is 4.33. The summed E-state index contributed by atoms with van der Waals surface area (Å²) in [6.45, 7) is 4.02. The summed E-state index contributed by atoms with van der Waals surface area (Å²) in [6, 6.07) is 11.0. The van der Waals surface area contributed by atoms with Crippen molar-refractivity contribution in [3.05, 3.63) is 36.0 Å². The van der Waals surface area contributed by atoms with Crippen molar-refractivity contribution >= 4 is 16.8 Å². The van der Waals surface area contributed by atoms with Gasteiger partial charge in [-0.1, -0.05) is 31.0 Å². The number of hydrogen-bond donors (Lipinski definition) is 2. The third-order valence-electron chi connectivity index (χ3n) is 6.13. The molecule has 0 spiro atoms. The van der Waals surface area contributed by atoms with Crippen LogP contribution in [0.15, 0.2) is 30.3 Å². The fourth-order valence-corrected chi connectivity index (χ4v) is 4.44. The zero-order valence-corrected chi connectivity index (χ0v) is 15.8. The number of benzene rings is 1. The summed E-state index contributed by atoms with van der Waals surface area (Å²) < 4.78 is 0. The first-order chi connectivity index (χ1) is 12.7. The largest absolute Gasteiger partial charge is 0.351 e. The molecule has 1 heterocycles. The summed E-state index contributed by atoms with van der Waals surface area (Å²) in [4.78, 5) is 18.5. The van der Waals surface area contributed by atoms with E-state index in [0.29, 0.717) is 12.1 Å². The number of nitrogens with one attached hydrogen (secondary N) is 2. The van der Waals surface area contributed by atoms with Crippen molar-refractivity contribution in [2.45, 2.75) is 64.0 Å². The highest BCUT2D eigenvalue weighted by Gasteiger charge is 2.30. The van der Waals surface area contributed by atoms with Crippen LogP contribution in [-0.2, 0) is 0 Å². The van der Waals surface area contributed by atoms with Gasteiger partial charge in [0.05, 0.1) is 0 Å². The van der Waals surface area contributed by atoms with Gasteiger partial charge in [-0.15, -0.1) is 0 Å². The van der Waals surface area contributed by atoms with Crippen LogP contribution in [0.25, 0.3) is 10.9 Å². The highest BCUT2D eigenvalue weighted by molar-refractivity contribution is 5.98. The van der Waals surface area contributed by atoms with Crippen LogP contribution in [0.1, 0.15) is 62.4 Å². The second-order valence-electron chi connectivity index (χ2n) is 8.06. The third kappa shape index (κ3) is 3.96. The molecule has 2 saturated carbocycles. The lowest BCUT2D eigenvalue weighted by Gasteiger charge is -2.37. The van der Waals surface area contributed by atoms with Gasteiger partial charge in [-0.2, -0.15) is 0 Å². The van der Waals surface area contributed by atoms with E-state index in [0.717, 1.165) is 48.4 Å². The highest BCUT2D eigenvalue weighted by Crippen LogP contribution is 2.32. The molecule has 1 aromatic heterocycles. The molecule has 140 valence electrons. The van der Waals surface area contributed by atoms with Crippen molar-refractivity contribution in [1.29, 1.82) is 0 Å². The van der Waals surface area contributed by atoms with Crippen LogP contribution in [0.4, 0.5) is 0 Å². The standard InChI is InChI=1S/C22H31N3O/c1-2-25(22(26)21-14-17-6-3-4-9-20(17)24-21)19-8-5-7-18(15-19)23-13-12-16-10-11-16/h3-4,6,9,14,16,18-19,23-24H,2,5,7-8,10-13,15H2,1H3/t18?,19-/m0/s1. The molecule has 2 aliphatic carbocycles. The van der Waals surface area contributed by atoms with Crippen LogP contribution in [0.5, 0.6) is 0 Å². The van der Waals surface area contributed by atoms with Gasteiger partial charge in [-0.05, 0) is 63.6 Å². The zero-order valence-electron chi connectivity index (χ0n) is 15.8. The Morgan fingerprint density at radius 1 is 1.23 bits per heavy atom. The van der Waals surface area contributed by atoms with E-state index >= 15 is 0 Å². The number of para-hydroxylation sites is 1. The Bertz CT molecular complexity index is 716. The van der Waals surface area contributed by atoms with E-state index in [1.165, 1.54) is 32.1 Å². The van der Waals surface area contributed by atoms with Gasteiger partial charge < -0.3 is 15.2 Å². The Morgan fingerprint density at radius 2 is 2.08 bits per heavy atom. The number of nitrogens with zero attached hydrogens (tertiary/aromatic N) is 1. The van der Waals surface area contributed by atoms with Crippen LogP contribution in [0.2, 0.25) is 0 Å². The molecule has 1 aromatic carbocycles. The average Bonchev–Trinajstić information content (AvgIpc) is 3.38. The normalized spacial score (nSPS) is 23.3. The molecule has 2 atom stereocenters. The van der Waals surface area contributed by atoms with Crippen molar-refractivity contribution in [2.24, 2.45) is 5.92 Å². The van der Waals surface area contributed by atoms with Crippen molar-refractivity contribution in [3.63, 3.8) is 0 Å². The van der Waals surface area contributed by atoms with Crippen molar-refractivity contribution in [1.82, 2.24) is 15.2 Å². The molecule has 4 rings (SSSR count). The fraction of sp³-hybridized carbons (Fsp3) is 0.591. The molecule has 2 aromatic rings. The molecular weight excluding hydrogens is 322 g/mol. The Hall–Kier alpha value is -1.81. The first-order valence-corrected chi connectivity index (χ1v) is 10.4. The second-order valence-corrected chi connectivity index (χ2v) is 8.06. The number of carbonyl (C=O) groups excluding carboxylic acids is 1. The van der Waals surface area contributed by atoms with Gasteiger partial charge in [-0.3, -0.25) is 4.79 Å². The molecule has 26 heavy (non-hydrogen) atoms. The minimum absolute atomic E-state index is 0.146. The van der Waals surface area contributed by atoms with E-state index in [-0.39, 0.29) is 5.91 Å². The lowest BCUT2D eigenvalue weighted by Crippen LogP contribution is -2.47. The molecule has 4 nitrogen and oxygen atoms in total. The van der Waals surface area contributed by atoms with Gasteiger partial charge in [0.15, 0.2) is 0 Å². The average molecular weight is 354 g/mol. The minimum atomic E-state index is 0.146. The summed E-state index contributed by atoms with van der Waals surface area (Å²) in [5, 5.41) is 4.86. The van der Waals surface area contributed by atoms with Crippen molar-refractivity contribution in [2.75, 3.05) is 13.1 Å². The molecule has 2 N–H and O–H groups in total. The van der Waals surface area contributed by atoms with Gasteiger partial charge in [0.25, 0.3) is 5.91 Å². The molecular formula is C22H31N3O. The predicted molar refractivity (Wildman–Crippen MR) is 106 cm³/mol. The Balaban J connectivity index is 1.40. The number of rotatable bonds is 7. The van der Waals surface area contributed by atoms with Gasteiger partial charge >= 0.3 is 0 Å². The number of fused-ring (bicyclic) bond motifs is 1. The second kappa shape index (κ2) is 7.83. The van der Waals surface area contributed by atoms with Crippen LogP contribution in [0, 0.1) is 5.92 Å². The summed E-state index contributed by atoms with van der Waals surface area (Å²) in [7, 11) is 0. The summed E-state index contributed by atoms with van der Waals surface area (Å²) in [5.74, 6) is 1.13. The maximum absolute atomic E-state index is 13.1. The number of hydrogen-bond acceptors (Lipinski definition) is 2. The number of carbonyl (C=O) groups is 1. The van der Waals surface area contributed by atoms with Gasteiger partial charge in [0.2, 0.25) is 0 Å². The topological polar surface area (TPSA) is 48.1 Å². The van der Waals surface area contributed by atoms with Gasteiger partial charge in [0.1, 0.15) is 5.69 Å². The Labute approximate surface area is 156 Å². The molecule has 2 fully saturated rings. The van der Waals surface area contributed by atoms with E-state index in [1.807, 2.05) is 24.3 Å². The number of aromatic nitrogens is 1. The van der Waals surface area contributed by atoms with E-state index in [9.17, 15) is 4.79 Å². The monoisotopic (exact) mass is 353 g/mol. The zero-order chi connectivity index (χ0) is 17.9. The van der Waals surface area contributed by atoms with E-state index in [4.69, 9.17) is 0 Å². The summed E-state index contributed by atoms with van der Waals surface area (Å²) in [5.41, 5.74) is 1.76. The van der Waals surface area contributed by atoms with E-state index in [1.54, 1.807) is 0 Å². The Kier molecular flexibility index (Phi) is 5.30. The molecule has 4 heteroatoms. The number of aromatic amines is 1. The fourth-order valence-electron chi connectivity index (χ4n) is 4.44. The van der Waals surface area contributed by atoms with Crippen LogP contribution in [-0.4, -0.2) is 41.0 Å². The van der Waals surface area contributed by atoms with Crippen molar-refractivity contribution < 1.29 is 4.79 Å². The van der Waals surface area contributed by atoms with Crippen LogP contribution in [0.3, 0.4) is 0 Å². The maximum Gasteiger partial charge on any atom is 0.270 e. The number of amides is 1. The number of H-pyrrole nitrogens is 1. The molecule has 0 radical (unpaired) electrons. The maximum atomic E-state index is 13.1. The lowest BCUT2D eigenvalue weighted by molar-refractivity contribution is 0.0623. The lowest BCUT2D eigenvalue weighted by atomic mass is 9.89. The molecule has 1 unspecified atom stereocenters. The highest BCUT2D eigenvalue weighted by atomic mass is 16.2. The first-order valence-electron chi connectivity index (χ1n) is 10.4. The molecule has 2 aliphatic rings. The van der Waals surface area contributed by atoms with E-state index in [2.05, 4.69) is 28.2 Å². The van der Waals surface area contributed by atoms with Crippen LogP contribution >= 0.6 is 0 Å². The molecule has 0 aliphatic heterocycles. The minimum Gasteiger partial charge on any atom is -0.351 e. The summed E-state index contributed by atoms with van der Waals surface area (Å²) in [6.07, 6.45) is 8.86. The van der Waals surface area contributed by atoms with Gasteiger partial charge in [-0.25, -0.2) is 0 Å². The smallest absolute Gasteiger partial charge is 0.270 e. The van der Waals surface area contributed by atoms with Crippen molar-refractivity contribution in [3.8, 4) is 0 Å². The first kappa shape index (κ1) is 17.6. The molecule has 0 saturated heterocycles. The van der Waals surface area contributed by atoms with Crippen LogP contribution < -0.4 is 5.32 Å². The Morgan fingerprint density at radius 3 is 2.85 bits per heavy atom. The third-order valence-corrected chi connectivity index (χ3v) is 6.13.